The predicted molar refractivity (Wildman–Crippen MR) is 96.4 cm³/mol. The number of hydrogen-bond acceptors (Lipinski definition) is 3. The molecular formula is C18H29N5O. The van der Waals surface area contributed by atoms with Gasteiger partial charge in [0.05, 0.1) is 11.4 Å². The summed E-state index contributed by atoms with van der Waals surface area (Å²) < 4.78 is 3.53. The Labute approximate surface area is 144 Å². The number of amides is 1. The van der Waals surface area contributed by atoms with Crippen molar-refractivity contribution in [2.45, 2.75) is 60.4 Å². The monoisotopic (exact) mass is 331 g/mol. The van der Waals surface area contributed by atoms with Crippen LogP contribution in [0.5, 0.6) is 0 Å². The van der Waals surface area contributed by atoms with E-state index in [0.29, 0.717) is 18.2 Å². The molecule has 0 bridgehead atoms. The van der Waals surface area contributed by atoms with Gasteiger partial charge in [-0.2, -0.15) is 10.2 Å². The standard InChI is InChI=1S/C18H29N5O/c1-7-14-15(8-2)21-22(6)17(14)19-18(24)16-11-13(10-12(4)5)20-23(16)9-3/h11-12H,7-10H2,1-6H3,(H,19,24). The maximum Gasteiger partial charge on any atom is 0.275 e. The van der Waals surface area contributed by atoms with Crippen LogP contribution in [0.15, 0.2) is 6.07 Å². The highest BCUT2D eigenvalue weighted by Crippen LogP contribution is 2.21. The van der Waals surface area contributed by atoms with Gasteiger partial charge in [-0.05, 0) is 38.2 Å². The van der Waals surface area contributed by atoms with Crippen molar-refractivity contribution in [2.75, 3.05) is 5.32 Å². The van der Waals surface area contributed by atoms with E-state index in [4.69, 9.17) is 0 Å². The summed E-state index contributed by atoms with van der Waals surface area (Å²) >= 11 is 0. The van der Waals surface area contributed by atoms with E-state index in [2.05, 4.69) is 43.2 Å². The second-order valence-corrected chi connectivity index (χ2v) is 6.49. The van der Waals surface area contributed by atoms with Crippen LogP contribution in [0, 0.1) is 5.92 Å². The van der Waals surface area contributed by atoms with Crippen LogP contribution in [0.25, 0.3) is 0 Å². The van der Waals surface area contributed by atoms with Crippen LogP contribution in [-0.2, 0) is 32.9 Å². The third kappa shape index (κ3) is 3.68. The molecule has 2 heterocycles. The van der Waals surface area contributed by atoms with Gasteiger partial charge in [0.15, 0.2) is 0 Å². The van der Waals surface area contributed by atoms with Crippen LogP contribution in [-0.4, -0.2) is 25.5 Å². The van der Waals surface area contributed by atoms with Crippen molar-refractivity contribution in [3.63, 3.8) is 0 Å². The van der Waals surface area contributed by atoms with Gasteiger partial charge >= 0.3 is 0 Å². The third-order valence-electron chi connectivity index (χ3n) is 4.13. The van der Waals surface area contributed by atoms with Gasteiger partial charge in [0.25, 0.3) is 5.91 Å². The Bertz CT molecular complexity index is 711. The minimum atomic E-state index is -0.125. The number of aromatic nitrogens is 4. The van der Waals surface area contributed by atoms with Gasteiger partial charge in [0, 0.05) is 19.2 Å². The van der Waals surface area contributed by atoms with Crippen molar-refractivity contribution in [3.8, 4) is 0 Å². The Morgan fingerprint density at radius 3 is 2.46 bits per heavy atom. The number of carbonyl (C=O) groups is 1. The lowest BCUT2D eigenvalue weighted by molar-refractivity contribution is 0.101. The zero-order valence-corrected chi connectivity index (χ0v) is 15.7. The molecule has 0 atom stereocenters. The maximum atomic E-state index is 12.8. The third-order valence-corrected chi connectivity index (χ3v) is 4.13. The van der Waals surface area contributed by atoms with E-state index in [1.807, 2.05) is 20.0 Å². The summed E-state index contributed by atoms with van der Waals surface area (Å²) in [6.45, 7) is 11.1. The van der Waals surface area contributed by atoms with E-state index in [-0.39, 0.29) is 5.91 Å². The van der Waals surface area contributed by atoms with Crippen molar-refractivity contribution < 1.29 is 4.79 Å². The smallest absolute Gasteiger partial charge is 0.275 e. The van der Waals surface area contributed by atoms with Gasteiger partial charge in [-0.25, -0.2) is 0 Å². The van der Waals surface area contributed by atoms with Gasteiger partial charge in [-0.15, -0.1) is 0 Å². The number of anilines is 1. The molecule has 0 radical (unpaired) electrons. The minimum Gasteiger partial charge on any atom is -0.305 e. The van der Waals surface area contributed by atoms with Crippen LogP contribution in [0.1, 0.15) is 62.1 Å². The average molecular weight is 331 g/mol. The summed E-state index contributed by atoms with van der Waals surface area (Å²) in [6, 6.07) is 1.90. The molecule has 1 N–H and O–H groups in total. The van der Waals surface area contributed by atoms with E-state index in [1.54, 1.807) is 9.36 Å². The lowest BCUT2D eigenvalue weighted by atomic mass is 10.1. The normalized spacial score (nSPS) is 11.3. The Morgan fingerprint density at radius 1 is 1.21 bits per heavy atom. The molecule has 0 saturated carbocycles. The second-order valence-electron chi connectivity index (χ2n) is 6.49. The first-order valence-corrected chi connectivity index (χ1v) is 8.83. The lowest BCUT2D eigenvalue weighted by Crippen LogP contribution is -2.19. The Hall–Kier alpha value is -2.11. The average Bonchev–Trinajstić information content (AvgIpc) is 3.07. The number of nitrogens with zero attached hydrogens (tertiary/aromatic N) is 4. The van der Waals surface area contributed by atoms with Gasteiger partial charge in [0.1, 0.15) is 11.5 Å². The highest BCUT2D eigenvalue weighted by molar-refractivity contribution is 6.03. The van der Waals surface area contributed by atoms with E-state index in [0.717, 1.165) is 42.0 Å². The van der Waals surface area contributed by atoms with Crippen LogP contribution >= 0.6 is 0 Å². The minimum absolute atomic E-state index is 0.125. The number of hydrogen-bond donors (Lipinski definition) is 1. The topological polar surface area (TPSA) is 64.7 Å². The molecule has 0 fully saturated rings. The summed E-state index contributed by atoms with van der Waals surface area (Å²) in [7, 11) is 1.87. The van der Waals surface area contributed by atoms with Crippen molar-refractivity contribution in [1.82, 2.24) is 19.6 Å². The Kier molecular flexibility index (Phi) is 5.80. The number of rotatable bonds is 7. The van der Waals surface area contributed by atoms with E-state index in [9.17, 15) is 4.79 Å². The van der Waals surface area contributed by atoms with Crippen molar-refractivity contribution in [2.24, 2.45) is 13.0 Å². The summed E-state index contributed by atoms with van der Waals surface area (Å²) in [4.78, 5) is 12.8. The Balaban J connectivity index is 2.30. The molecule has 0 spiro atoms. The molecule has 24 heavy (non-hydrogen) atoms. The molecule has 0 aliphatic heterocycles. The molecule has 6 nitrogen and oxygen atoms in total. The zero-order chi connectivity index (χ0) is 17.9. The van der Waals surface area contributed by atoms with Gasteiger partial charge < -0.3 is 5.32 Å². The number of carbonyl (C=O) groups excluding carboxylic acids is 1. The number of nitrogens with one attached hydrogen (secondary N) is 1. The first-order valence-electron chi connectivity index (χ1n) is 8.83. The van der Waals surface area contributed by atoms with Crippen molar-refractivity contribution in [1.29, 1.82) is 0 Å². The highest BCUT2D eigenvalue weighted by atomic mass is 16.2. The van der Waals surface area contributed by atoms with E-state index < -0.39 is 0 Å². The quantitative estimate of drug-likeness (QED) is 0.847. The van der Waals surface area contributed by atoms with Crippen LogP contribution < -0.4 is 5.32 Å². The molecule has 2 aromatic rings. The lowest BCUT2D eigenvalue weighted by Gasteiger charge is -2.09. The van der Waals surface area contributed by atoms with Crippen molar-refractivity contribution in [3.05, 3.63) is 28.7 Å². The first-order chi connectivity index (χ1) is 11.4. The SMILES string of the molecule is CCc1nn(C)c(NC(=O)c2cc(CC(C)C)nn2CC)c1CC. The van der Waals surface area contributed by atoms with Gasteiger partial charge in [-0.3, -0.25) is 14.2 Å². The fourth-order valence-corrected chi connectivity index (χ4v) is 3.02. The summed E-state index contributed by atoms with van der Waals surface area (Å²) in [6.07, 6.45) is 2.58. The molecule has 0 saturated heterocycles. The zero-order valence-electron chi connectivity index (χ0n) is 15.7. The second kappa shape index (κ2) is 7.64. The van der Waals surface area contributed by atoms with Gasteiger partial charge in [-0.1, -0.05) is 27.7 Å². The summed E-state index contributed by atoms with van der Waals surface area (Å²) in [5.74, 6) is 1.17. The summed E-state index contributed by atoms with van der Waals surface area (Å²) in [5.41, 5.74) is 3.72. The van der Waals surface area contributed by atoms with Crippen LogP contribution in [0.4, 0.5) is 5.82 Å². The van der Waals surface area contributed by atoms with Crippen LogP contribution in [0.3, 0.4) is 0 Å². The maximum absolute atomic E-state index is 12.8. The fourth-order valence-electron chi connectivity index (χ4n) is 3.02. The predicted octanol–water partition coefficient (Wildman–Crippen LogP) is 3.21. The largest absolute Gasteiger partial charge is 0.305 e. The highest BCUT2D eigenvalue weighted by Gasteiger charge is 2.20. The van der Waals surface area contributed by atoms with Crippen LogP contribution in [0.2, 0.25) is 0 Å². The molecule has 0 unspecified atom stereocenters. The molecule has 2 rings (SSSR count). The molecule has 0 aromatic carbocycles. The number of aryl methyl sites for hydroxylation is 3. The molecule has 1 amide bonds. The molecule has 2 aromatic heterocycles. The van der Waals surface area contributed by atoms with Gasteiger partial charge in [0.2, 0.25) is 0 Å². The van der Waals surface area contributed by atoms with E-state index in [1.165, 1.54) is 0 Å². The van der Waals surface area contributed by atoms with E-state index >= 15 is 0 Å². The molecule has 0 aliphatic rings. The molecule has 0 aliphatic carbocycles. The molecule has 6 heteroatoms. The molecular weight excluding hydrogens is 302 g/mol. The Morgan fingerprint density at radius 2 is 1.92 bits per heavy atom. The van der Waals surface area contributed by atoms with Crippen molar-refractivity contribution >= 4 is 11.7 Å². The first kappa shape index (κ1) is 18.2. The summed E-state index contributed by atoms with van der Waals surface area (Å²) in [5, 5.41) is 12.1. The molecule has 132 valence electrons. The fraction of sp³-hybridized carbons (Fsp3) is 0.611.